The predicted molar refractivity (Wildman–Crippen MR) is 70.6 cm³/mol. The van der Waals surface area contributed by atoms with Crippen molar-refractivity contribution in [2.24, 2.45) is 4.99 Å². The van der Waals surface area contributed by atoms with Gasteiger partial charge in [0.1, 0.15) is 0 Å². The van der Waals surface area contributed by atoms with Crippen LogP contribution in [0.3, 0.4) is 0 Å². The molecule has 4 heteroatoms. The van der Waals surface area contributed by atoms with Crippen LogP contribution in [0, 0.1) is 0 Å². The molecule has 0 bridgehead atoms. The van der Waals surface area contributed by atoms with Gasteiger partial charge in [-0.05, 0) is 0 Å². The summed E-state index contributed by atoms with van der Waals surface area (Å²) in [6.45, 7) is 12.6. The molecule has 0 N–H and O–H groups in total. The van der Waals surface area contributed by atoms with Gasteiger partial charge < -0.3 is 0 Å². The molecule has 2 radical (unpaired) electrons. The van der Waals surface area contributed by atoms with E-state index in [1.54, 1.807) is 0 Å². The Morgan fingerprint density at radius 1 is 1.27 bits per heavy atom. The molecule has 0 aromatic carbocycles. The SMILES string of the molecule is CC(/C=C(/C)[N]([Ge][Cl])C(C)C)=NC(C)C. The second kappa shape index (κ2) is 7.34. The fourth-order valence-corrected chi connectivity index (χ4v) is 3.92. The van der Waals surface area contributed by atoms with Crippen LogP contribution < -0.4 is 0 Å². The van der Waals surface area contributed by atoms with Crippen molar-refractivity contribution in [1.82, 2.24) is 3.86 Å². The third kappa shape index (κ3) is 6.26. The third-order valence-corrected chi connectivity index (χ3v) is 5.02. The molecule has 0 aromatic heterocycles. The van der Waals surface area contributed by atoms with E-state index in [0.29, 0.717) is 12.1 Å². The topological polar surface area (TPSA) is 15.6 Å². The number of halogens is 1. The molecule has 0 heterocycles. The van der Waals surface area contributed by atoms with E-state index in [2.05, 4.69) is 49.5 Å². The molecule has 0 amide bonds. The summed E-state index contributed by atoms with van der Waals surface area (Å²) >= 11 is -0.537. The Kier molecular flexibility index (Phi) is 7.36. The van der Waals surface area contributed by atoms with Crippen molar-refractivity contribution in [1.29, 1.82) is 0 Å². The van der Waals surface area contributed by atoms with Gasteiger partial charge in [0.25, 0.3) is 0 Å². The Morgan fingerprint density at radius 2 is 1.80 bits per heavy atom. The van der Waals surface area contributed by atoms with Crippen LogP contribution in [0.2, 0.25) is 0 Å². The maximum absolute atomic E-state index is 6.02. The summed E-state index contributed by atoms with van der Waals surface area (Å²) in [5.41, 5.74) is 2.30. The van der Waals surface area contributed by atoms with Gasteiger partial charge in [-0.1, -0.05) is 0 Å². The Morgan fingerprint density at radius 3 is 2.13 bits per heavy atom. The minimum absolute atomic E-state index is 0.355. The van der Waals surface area contributed by atoms with E-state index in [0.717, 1.165) is 5.71 Å². The standard InChI is InChI=1S/C11H21ClGeN2/c1-8(2)14-10(5)7-11(6)15(13-12)9(3)4/h7-9H,1-6H3/b11-7-,14-10?. The van der Waals surface area contributed by atoms with Crippen LogP contribution in [0.25, 0.3) is 0 Å². The Bertz CT molecular complexity index is 247. The molecule has 0 atom stereocenters. The molecular weight excluding hydrogens is 268 g/mol. The third-order valence-electron chi connectivity index (χ3n) is 1.87. The summed E-state index contributed by atoms with van der Waals surface area (Å²) in [5.74, 6) is 0. The monoisotopic (exact) mass is 290 g/mol. The molecule has 0 unspecified atom stereocenters. The summed E-state index contributed by atoms with van der Waals surface area (Å²) in [7, 11) is 6.02. The number of hydrogen-bond acceptors (Lipinski definition) is 2. The maximum atomic E-state index is 6.02. The average Bonchev–Trinajstić information content (AvgIpc) is 2.01. The minimum atomic E-state index is -0.537. The predicted octanol–water partition coefficient (Wildman–Crippen LogP) is 3.24. The van der Waals surface area contributed by atoms with Gasteiger partial charge in [-0.3, -0.25) is 0 Å². The van der Waals surface area contributed by atoms with E-state index in [9.17, 15) is 0 Å². The van der Waals surface area contributed by atoms with E-state index in [-0.39, 0.29) is 0 Å². The first-order valence-electron chi connectivity index (χ1n) is 5.26. The summed E-state index contributed by atoms with van der Waals surface area (Å²) < 4.78 is 2.26. The van der Waals surface area contributed by atoms with Gasteiger partial charge in [0.15, 0.2) is 0 Å². The van der Waals surface area contributed by atoms with E-state index in [1.807, 2.05) is 6.92 Å². The number of nitrogens with zero attached hydrogens (tertiary/aromatic N) is 2. The van der Waals surface area contributed by atoms with Crippen molar-refractivity contribution in [2.75, 3.05) is 0 Å². The van der Waals surface area contributed by atoms with Crippen molar-refractivity contribution < 1.29 is 0 Å². The molecule has 0 saturated carbocycles. The van der Waals surface area contributed by atoms with Gasteiger partial charge in [0, 0.05) is 0 Å². The first-order chi connectivity index (χ1) is 6.88. The average molecular weight is 289 g/mol. The van der Waals surface area contributed by atoms with Crippen molar-refractivity contribution in [2.45, 2.75) is 53.6 Å². The molecule has 15 heavy (non-hydrogen) atoms. The van der Waals surface area contributed by atoms with E-state index in [4.69, 9.17) is 10.0 Å². The number of rotatable bonds is 5. The van der Waals surface area contributed by atoms with Crippen molar-refractivity contribution >= 4 is 30.4 Å². The van der Waals surface area contributed by atoms with Gasteiger partial charge in [0.05, 0.1) is 0 Å². The molecule has 0 rings (SSSR count). The zero-order valence-electron chi connectivity index (χ0n) is 10.5. The molecule has 0 aliphatic rings. The number of hydrogen-bond donors (Lipinski definition) is 0. The first kappa shape index (κ1) is 15.0. The molecule has 0 aromatic rings. The van der Waals surface area contributed by atoms with Gasteiger partial charge in [-0.15, -0.1) is 0 Å². The normalized spacial score (nSPS) is 13.9. The molecule has 2 nitrogen and oxygen atoms in total. The molecular formula is C11H21ClGeN2. The summed E-state index contributed by atoms with van der Waals surface area (Å²) in [4.78, 5) is 4.48. The second-order valence-corrected chi connectivity index (χ2v) is 6.44. The van der Waals surface area contributed by atoms with Gasteiger partial charge in [-0.25, -0.2) is 0 Å². The van der Waals surface area contributed by atoms with Crippen LogP contribution in [0.4, 0.5) is 0 Å². The number of allylic oxidation sites excluding steroid dienone is 2. The number of aliphatic imine (C=N–C) groups is 1. The van der Waals surface area contributed by atoms with Crippen LogP contribution in [0.1, 0.15) is 41.5 Å². The summed E-state index contributed by atoms with van der Waals surface area (Å²) in [5, 5.41) is 0. The van der Waals surface area contributed by atoms with Crippen molar-refractivity contribution in [3.05, 3.63) is 11.8 Å². The van der Waals surface area contributed by atoms with E-state index < -0.39 is 14.7 Å². The quantitative estimate of drug-likeness (QED) is 0.560. The molecule has 0 fully saturated rings. The summed E-state index contributed by atoms with van der Waals surface area (Å²) in [6.07, 6.45) is 2.12. The fourth-order valence-electron chi connectivity index (χ4n) is 1.39. The van der Waals surface area contributed by atoms with Gasteiger partial charge >= 0.3 is 105 Å². The van der Waals surface area contributed by atoms with E-state index >= 15 is 0 Å². The van der Waals surface area contributed by atoms with Crippen LogP contribution in [0.15, 0.2) is 16.8 Å². The molecule has 0 aliphatic carbocycles. The fraction of sp³-hybridized carbons (Fsp3) is 0.727. The Hall–Kier alpha value is 0.0429. The van der Waals surface area contributed by atoms with E-state index in [1.165, 1.54) is 5.70 Å². The van der Waals surface area contributed by atoms with Crippen LogP contribution in [-0.2, 0) is 0 Å². The summed E-state index contributed by atoms with van der Waals surface area (Å²) in [6, 6.07) is 0.833. The van der Waals surface area contributed by atoms with Crippen LogP contribution >= 0.6 is 10.0 Å². The zero-order chi connectivity index (χ0) is 12.0. The molecule has 0 aliphatic heterocycles. The molecule has 0 spiro atoms. The van der Waals surface area contributed by atoms with Crippen molar-refractivity contribution in [3.63, 3.8) is 0 Å². The molecule has 0 saturated heterocycles. The first-order valence-corrected chi connectivity index (χ1v) is 8.96. The van der Waals surface area contributed by atoms with Crippen LogP contribution in [0.5, 0.6) is 0 Å². The van der Waals surface area contributed by atoms with Crippen LogP contribution in [-0.4, -0.2) is 36.4 Å². The second-order valence-electron chi connectivity index (χ2n) is 4.20. The van der Waals surface area contributed by atoms with Gasteiger partial charge in [-0.2, -0.15) is 0 Å². The Labute approximate surface area is 105 Å². The Balaban J connectivity index is 4.66. The van der Waals surface area contributed by atoms with Gasteiger partial charge in [0.2, 0.25) is 0 Å². The zero-order valence-corrected chi connectivity index (χ0v) is 13.4. The van der Waals surface area contributed by atoms with Crippen molar-refractivity contribution in [3.8, 4) is 0 Å². The molecule has 86 valence electrons.